The molecule has 0 fully saturated rings. The van der Waals surface area contributed by atoms with Crippen LogP contribution in [-0.2, 0) is 0 Å². The van der Waals surface area contributed by atoms with Crippen LogP contribution in [0.4, 0.5) is 4.39 Å². The van der Waals surface area contributed by atoms with Crippen LogP contribution in [0.1, 0.15) is 21.6 Å². The maximum atomic E-state index is 13.4. The summed E-state index contributed by atoms with van der Waals surface area (Å²) in [7, 11) is 0. The molecule has 2 aromatic rings. The van der Waals surface area contributed by atoms with Crippen LogP contribution >= 0.6 is 11.3 Å². The number of aliphatic hydroxyl groups excluding tert-OH is 1. The molecule has 1 atom stereocenters. The number of hydrogen-bond donors (Lipinski definition) is 1. The van der Waals surface area contributed by atoms with Gasteiger partial charge in [0.15, 0.2) is 0 Å². The molecular formula is C11H10FNOS. The standard InChI is InChI=1S/C11H10FNOS/c1-7-13-6-10(15-7)11(14)8-4-2-3-5-9(8)12/h2-6,11,14H,1H3. The van der Waals surface area contributed by atoms with Gasteiger partial charge < -0.3 is 5.11 Å². The molecule has 1 N–H and O–H groups in total. The fourth-order valence-electron chi connectivity index (χ4n) is 1.35. The van der Waals surface area contributed by atoms with Gasteiger partial charge >= 0.3 is 0 Å². The minimum atomic E-state index is -0.919. The number of aromatic nitrogens is 1. The van der Waals surface area contributed by atoms with Crippen LogP contribution in [0.3, 0.4) is 0 Å². The molecule has 0 amide bonds. The van der Waals surface area contributed by atoms with Gasteiger partial charge in [-0.25, -0.2) is 9.37 Å². The lowest BCUT2D eigenvalue weighted by atomic mass is 10.1. The number of hydrogen-bond acceptors (Lipinski definition) is 3. The lowest BCUT2D eigenvalue weighted by Gasteiger charge is -2.08. The summed E-state index contributed by atoms with van der Waals surface area (Å²) in [5.41, 5.74) is 0.293. The molecule has 0 aliphatic rings. The van der Waals surface area contributed by atoms with Crippen molar-refractivity contribution in [2.45, 2.75) is 13.0 Å². The molecule has 2 rings (SSSR count). The van der Waals surface area contributed by atoms with Gasteiger partial charge in [-0.2, -0.15) is 0 Å². The van der Waals surface area contributed by atoms with Crippen molar-refractivity contribution >= 4 is 11.3 Å². The maximum absolute atomic E-state index is 13.4. The van der Waals surface area contributed by atoms with Crippen molar-refractivity contribution in [3.05, 3.63) is 51.7 Å². The Kier molecular flexibility index (Phi) is 2.79. The van der Waals surface area contributed by atoms with E-state index in [4.69, 9.17) is 0 Å². The van der Waals surface area contributed by atoms with Crippen LogP contribution in [0, 0.1) is 12.7 Å². The summed E-state index contributed by atoms with van der Waals surface area (Å²) in [6.45, 7) is 1.85. The highest BCUT2D eigenvalue weighted by atomic mass is 32.1. The van der Waals surface area contributed by atoms with E-state index in [0.717, 1.165) is 5.01 Å². The van der Waals surface area contributed by atoms with Crippen LogP contribution in [-0.4, -0.2) is 10.1 Å². The highest BCUT2D eigenvalue weighted by Gasteiger charge is 2.16. The number of benzene rings is 1. The molecule has 2 nitrogen and oxygen atoms in total. The van der Waals surface area contributed by atoms with Gasteiger partial charge in [0, 0.05) is 11.8 Å². The Balaban J connectivity index is 2.36. The van der Waals surface area contributed by atoms with Crippen LogP contribution in [0.15, 0.2) is 30.5 Å². The fourth-order valence-corrected chi connectivity index (χ4v) is 2.14. The fraction of sp³-hybridized carbons (Fsp3) is 0.182. The molecule has 4 heteroatoms. The van der Waals surface area contributed by atoms with Crippen molar-refractivity contribution in [1.29, 1.82) is 0 Å². The number of thiazole rings is 1. The first-order valence-corrected chi connectivity index (χ1v) is 5.35. The Morgan fingerprint density at radius 2 is 2.13 bits per heavy atom. The highest BCUT2D eigenvalue weighted by Crippen LogP contribution is 2.27. The van der Waals surface area contributed by atoms with Crippen LogP contribution in [0.25, 0.3) is 0 Å². The lowest BCUT2D eigenvalue weighted by Crippen LogP contribution is -1.99. The summed E-state index contributed by atoms with van der Waals surface area (Å²) in [4.78, 5) is 4.69. The van der Waals surface area contributed by atoms with E-state index in [0.29, 0.717) is 10.4 Å². The average Bonchev–Trinajstić information content (AvgIpc) is 2.65. The van der Waals surface area contributed by atoms with E-state index in [-0.39, 0.29) is 0 Å². The first-order valence-electron chi connectivity index (χ1n) is 4.53. The summed E-state index contributed by atoms with van der Waals surface area (Å²) in [6.07, 6.45) is 0.661. The topological polar surface area (TPSA) is 33.1 Å². The molecule has 1 aromatic heterocycles. The van der Waals surface area contributed by atoms with E-state index in [2.05, 4.69) is 4.98 Å². The average molecular weight is 223 g/mol. The van der Waals surface area contributed by atoms with E-state index in [1.807, 2.05) is 6.92 Å². The van der Waals surface area contributed by atoms with E-state index in [9.17, 15) is 9.50 Å². The zero-order chi connectivity index (χ0) is 10.8. The normalized spacial score (nSPS) is 12.7. The zero-order valence-corrected chi connectivity index (χ0v) is 8.96. The second-order valence-corrected chi connectivity index (χ2v) is 4.47. The van der Waals surface area contributed by atoms with Gasteiger partial charge in [-0.1, -0.05) is 18.2 Å². The highest BCUT2D eigenvalue weighted by molar-refractivity contribution is 7.11. The summed E-state index contributed by atoms with van der Waals surface area (Å²) >= 11 is 1.37. The van der Waals surface area contributed by atoms with Crippen molar-refractivity contribution in [3.8, 4) is 0 Å². The molecule has 0 saturated heterocycles. The Labute approximate surface area is 91.0 Å². The van der Waals surface area contributed by atoms with Gasteiger partial charge in [-0.15, -0.1) is 11.3 Å². The third-order valence-corrected chi connectivity index (χ3v) is 3.07. The molecule has 1 aromatic carbocycles. The smallest absolute Gasteiger partial charge is 0.129 e. The minimum Gasteiger partial charge on any atom is -0.383 e. The van der Waals surface area contributed by atoms with Gasteiger partial charge in [0.2, 0.25) is 0 Å². The molecule has 0 bridgehead atoms. The van der Waals surface area contributed by atoms with E-state index >= 15 is 0 Å². The Morgan fingerprint density at radius 1 is 1.40 bits per heavy atom. The van der Waals surface area contributed by atoms with E-state index < -0.39 is 11.9 Å². The van der Waals surface area contributed by atoms with Gasteiger partial charge in [-0.05, 0) is 13.0 Å². The van der Waals surface area contributed by atoms with Crippen LogP contribution < -0.4 is 0 Å². The molecular weight excluding hydrogens is 213 g/mol. The predicted molar refractivity (Wildman–Crippen MR) is 57.3 cm³/mol. The summed E-state index contributed by atoms with van der Waals surface area (Å²) in [5, 5.41) is 10.8. The molecule has 15 heavy (non-hydrogen) atoms. The maximum Gasteiger partial charge on any atom is 0.129 e. The third kappa shape index (κ3) is 2.06. The van der Waals surface area contributed by atoms with Crippen molar-refractivity contribution in [2.75, 3.05) is 0 Å². The second-order valence-electron chi connectivity index (χ2n) is 3.21. The molecule has 0 aliphatic heterocycles. The number of halogens is 1. The molecule has 0 aliphatic carbocycles. The second kappa shape index (κ2) is 4.08. The van der Waals surface area contributed by atoms with Gasteiger partial charge in [0.25, 0.3) is 0 Å². The predicted octanol–water partition coefficient (Wildman–Crippen LogP) is 2.67. The molecule has 0 radical (unpaired) electrons. The number of rotatable bonds is 2. The van der Waals surface area contributed by atoms with Gasteiger partial charge in [-0.3, -0.25) is 0 Å². The minimum absolute atomic E-state index is 0.293. The quantitative estimate of drug-likeness (QED) is 0.849. The van der Waals surface area contributed by atoms with Crippen LogP contribution in [0.2, 0.25) is 0 Å². The van der Waals surface area contributed by atoms with Gasteiger partial charge in [0.1, 0.15) is 11.9 Å². The third-order valence-electron chi connectivity index (χ3n) is 2.11. The van der Waals surface area contributed by atoms with Crippen molar-refractivity contribution in [3.63, 3.8) is 0 Å². The Hall–Kier alpha value is -1.26. The summed E-state index contributed by atoms with van der Waals surface area (Å²) in [5.74, 6) is -0.393. The molecule has 1 unspecified atom stereocenters. The number of nitrogens with zero attached hydrogens (tertiary/aromatic N) is 1. The number of aryl methyl sites for hydroxylation is 1. The van der Waals surface area contributed by atoms with Crippen molar-refractivity contribution in [1.82, 2.24) is 4.98 Å². The largest absolute Gasteiger partial charge is 0.383 e. The van der Waals surface area contributed by atoms with Crippen molar-refractivity contribution < 1.29 is 9.50 Å². The van der Waals surface area contributed by atoms with Gasteiger partial charge in [0.05, 0.1) is 9.88 Å². The van der Waals surface area contributed by atoms with E-state index in [1.54, 1.807) is 24.4 Å². The summed E-state index contributed by atoms with van der Waals surface area (Å²) < 4.78 is 13.4. The van der Waals surface area contributed by atoms with E-state index in [1.165, 1.54) is 17.4 Å². The molecule has 1 heterocycles. The van der Waals surface area contributed by atoms with Crippen molar-refractivity contribution in [2.24, 2.45) is 0 Å². The number of aliphatic hydroxyl groups is 1. The molecule has 0 saturated carbocycles. The molecule has 78 valence electrons. The molecule has 0 spiro atoms. The monoisotopic (exact) mass is 223 g/mol. The summed E-state index contributed by atoms with van der Waals surface area (Å²) in [6, 6.07) is 6.22. The lowest BCUT2D eigenvalue weighted by molar-refractivity contribution is 0.218. The first kappa shape index (κ1) is 10.3. The van der Waals surface area contributed by atoms with Crippen LogP contribution in [0.5, 0.6) is 0 Å². The SMILES string of the molecule is Cc1ncc(C(O)c2ccccc2F)s1. The Bertz CT molecular complexity index is 469. The first-order chi connectivity index (χ1) is 7.18. The zero-order valence-electron chi connectivity index (χ0n) is 8.14. The Morgan fingerprint density at radius 3 is 2.73 bits per heavy atom.